The van der Waals surface area contributed by atoms with Crippen LogP contribution in [0.2, 0.25) is 0 Å². The first-order valence-corrected chi connectivity index (χ1v) is 35.4. The van der Waals surface area contributed by atoms with Crippen molar-refractivity contribution >= 4 is 19.1 Å². The van der Waals surface area contributed by atoms with E-state index >= 15 is 0 Å². The molecule has 0 bridgehead atoms. The zero-order valence-corrected chi connectivity index (χ0v) is 53.9. The van der Waals surface area contributed by atoms with E-state index in [1.807, 2.05) is 46.7 Å². The molecular weight excluding hydrogens is 1030 g/mol. The minimum absolute atomic E-state index is 0.129. The molecule has 3 saturated carbocycles. The van der Waals surface area contributed by atoms with E-state index in [4.69, 9.17) is 23.7 Å². The first-order chi connectivity index (χ1) is 37.8. The number of methoxy groups -OCH3 is 1. The molecule has 80 heavy (non-hydrogen) atoms. The Morgan fingerprint density at radius 2 is 1.25 bits per heavy atom. The topological polar surface area (TPSA) is 188 Å². The predicted octanol–water partition coefficient (Wildman–Crippen LogP) is 10.9. The molecule has 0 aromatic carbocycles. The molecule has 3 saturated heterocycles. The van der Waals surface area contributed by atoms with Gasteiger partial charge in [-0.05, 0) is 86.7 Å². The van der Waals surface area contributed by atoms with Crippen LogP contribution >= 0.6 is 7.26 Å². The van der Waals surface area contributed by atoms with Crippen LogP contribution in [0.3, 0.4) is 0 Å². The predicted molar refractivity (Wildman–Crippen MR) is 323 cm³/mol. The van der Waals surface area contributed by atoms with E-state index in [0.29, 0.717) is 12.8 Å². The van der Waals surface area contributed by atoms with E-state index in [-0.39, 0.29) is 56.2 Å². The minimum Gasteiger partial charge on any atom is -0.388 e. The number of nitrogens with zero attached hydrogens (tertiary/aromatic N) is 2. The van der Waals surface area contributed by atoms with Crippen molar-refractivity contribution in [3.63, 3.8) is 0 Å². The summed E-state index contributed by atoms with van der Waals surface area (Å²) >= 11 is 0. The third kappa shape index (κ3) is 16.3. The second-order valence-corrected chi connectivity index (χ2v) is 33.6. The number of aliphatic hydroxyl groups excluding tert-OH is 3. The first-order valence-electron chi connectivity index (χ1n) is 33.0. The number of amides is 1. The largest absolute Gasteiger partial charge is 0.388 e. The van der Waals surface area contributed by atoms with Crippen LogP contribution in [-0.4, -0.2) is 182 Å². The van der Waals surface area contributed by atoms with Crippen molar-refractivity contribution in [3.05, 3.63) is 0 Å². The number of rotatable bonds is 22. The zero-order valence-electron chi connectivity index (χ0n) is 52.9. The van der Waals surface area contributed by atoms with E-state index in [1.54, 1.807) is 91.3 Å². The number of aliphatic hydroxyl groups is 5. The molecule has 14 nitrogen and oxygen atoms in total. The van der Waals surface area contributed by atoms with Crippen LogP contribution < -0.4 is 0 Å². The van der Waals surface area contributed by atoms with Crippen LogP contribution in [-0.2, 0) is 33.3 Å². The summed E-state index contributed by atoms with van der Waals surface area (Å²) < 4.78 is 32.2. The van der Waals surface area contributed by atoms with Crippen molar-refractivity contribution in [2.24, 2.45) is 23.7 Å². The average Bonchev–Trinajstić information content (AvgIpc) is 4.41. The second kappa shape index (κ2) is 30.5. The van der Waals surface area contributed by atoms with E-state index in [1.165, 1.54) is 84.0 Å². The van der Waals surface area contributed by atoms with E-state index in [2.05, 4.69) is 0 Å². The summed E-state index contributed by atoms with van der Waals surface area (Å²) in [4.78, 5) is 33.0. The molecule has 5 N–H and O–H groups in total. The van der Waals surface area contributed by atoms with Crippen molar-refractivity contribution in [1.29, 1.82) is 0 Å². The summed E-state index contributed by atoms with van der Waals surface area (Å²) in [5, 5.41) is 60.9. The quantitative estimate of drug-likeness (QED) is 0.0392. The number of cyclic esters (lactones) is 1. The van der Waals surface area contributed by atoms with Crippen LogP contribution in [0.4, 0.5) is 0 Å². The molecule has 0 aromatic rings. The smallest absolute Gasteiger partial charge is 0.126 e. The molecule has 3 aliphatic heterocycles. The van der Waals surface area contributed by atoms with Gasteiger partial charge in [-0.25, -0.2) is 0 Å². The van der Waals surface area contributed by atoms with Gasteiger partial charge in [0.2, 0.25) is 5.91 Å². The Morgan fingerprint density at radius 3 is 1.75 bits per heavy atom. The maximum atomic E-state index is 14.8. The minimum atomic E-state index is -1.96. The zero-order chi connectivity index (χ0) is 58.7. The van der Waals surface area contributed by atoms with Gasteiger partial charge in [0.15, 0.2) is 6.29 Å². The van der Waals surface area contributed by atoms with Crippen LogP contribution in [0, 0.1) is 23.7 Å². The Labute approximate surface area is 487 Å². The molecule has 0 aromatic heterocycles. The first kappa shape index (κ1) is 68.1. The summed E-state index contributed by atoms with van der Waals surface area (Å²) in [7, 11) is 4.05. The van der Waals surface area contributed by atoms with Gasteiger partial charge in [0, 0.05) is 32.0 Å². The number of hydrogen-bond acceptors (Lipinski definition) is 13. The number of ether oxygens (including phenoxy) is 5. The molecule has 3 heterocycles. The summed E-state index contributed by atoms with van der Waals surface area (Å²) in [5.41, 5.74) is -1.28. The van der Waals surface area contributed by atoms with Crippen LogP contribution in [0.1, 0.15) is 243 Å². The van der Waals surface area contributed by atoms with E-state index in [9.17, 15) is 35.1 Å². The Kier molecular flexibility index (Phi) is 26.0. The van der Waals surface area contributed by atoms with Crippen molar-refractivity contribution < 1.29 is 58.8 Å². The van der Waals surface area contributed by atoms with Crippen LogP contribution in [0.15, 0.2) is 0 Å². The number of carbonyl (C=O) groups excluding carboxylic acids is 2. The van der Waals surface area contributed by atoms with Crippen molar-refractivity contribution in [3.8, 4) is 0 Å². The number of likely N-dealkylation sites (N-methyl/N-ethyl adjacent to an activating group) is 1. The fourth-order valence-electron chi connectivity index (χ4n) is 17.7. The van der Waals surface area contributed by atoms with Crippen LogP contribution in [0.5, 0.6) is 0 Å². The Hall–Kier alpha value is -1.03. The molecule has 0 spiro atoms. The average molecular weight is 1150 g/mol. The van der Waals surface area contributed by atoms with Crippen LogP contribution in [0.25, 0.3) is 0 Å². The van der Waals surface area contributed by atoms with Gasteiger partial charge in [-0.2, -0.15) is 0 Å². The Bertz CT molecular complexity index is 1820. The van der Waals surface area contributed by atoms with E-state index < -0.39 is 103 Å². The fraction of sp³-hybridized carbons (Fsp3) is 0.969. The molecule has 468 valence electrons. The number of carbonyl (C=O) groups is 2. The molecule has 1 unspecified atom stereocenters. The Morgan fingerprint density at radius 1 is 0.738 bits per heavy atom. The summed E-state index contributed by atoms with van der Waals surface area (Å²) in [6, 6.07) is -1.18. The van der Waals surface area contributed by atoms with E-state index in [0.717, 1.165) is 36.2 Å². The van der Waals surface area contributed by atoms with Gasteiger partial charge in [-0.1, -0.05) is 27.7 Å². The Balaban J connectivity index is 1.12. The van der Waals surface area contributed by atoms with Gasteiger partial charge in [-0.3, -0.25) is 9.59 Å². The number of hydrogen-bond donors (Lipinski definition) is 5. The maximum absolute atomic E-state index is 14.8. The maximum Gasteiger partial charge on any atom is 0.126 e. The fourth-order valence-corrected chi connectivity index (χ4v) is 26.2. The summed E-state index contributed by atoms with van der Waals surface area (Å²) in [5.74, 6) is -3.50. The van der Waals surface area contributed by atoms with Gasteiger partial charge >= 0.3 is 184 Å². The molecule has 3 aliphatic carbocycles. The van der Waals surface area contributed by atoms with Gasteiger partial charge in [-0.15, -0.1) is 0 Å². The standard InChI is InChI=1S/C65H121N2O12P/c1-14-54-65(10,74)58(70)47(6)67(55(68)37-23-21-19-17-15-16-18-20-22-30-38-80(49-31-24-25-32-49,50-33-26-27-34-50)51-35-28-29-36-51)42-43(2)40-63(8,73)60(79-62-57(69)52(66(11)12)39-44(3)76-62)45(4)56(46(5)61(72)78-54)53-41-64(9,75-13)59(71)48(7)77-53/h43-54,56-60,62,69-71,73-74,80H,14-42H2,1-13H3/t43-,44-,45+,46-,47-,48+,52+,53-,54-,56?,57-,58-,59+,60-,62+,63-,64-,65-/m1/s1. The molecule has 18 atom stereocenters. The molecule has 6 fully saturated rings. The third-order valence-corrected chi connectivity index (χ3v) is 29.7. The van der Waals surface area contributed by atoms with Crippen molar-refractivity contribution in [2.45, 2.75) is 344 Å². The SMILES string of the molecule is CC[C@H]1OC(=O)[C@H](C)C([C@H]2C[C@@](C)(OC)[C@@H](O)[C@H](C)O2)[C@H](C)[C@@H](O[C@@H]2O[C@H](C)C[C@H](N(C)C)[C@H]2O)[C@](C)(O)C[C@@H](C)CN(C(=O)CCCCCCCCCCCC[PH](C2CCCC2)(C2CCCC2)C2CCCC2)[C@H](C)[C@@H](O)[C@]1(C)O. The van der Waals surface area contributed by atoms with Gasteiger partial charge in [0.25, 0.3) is 0 Å². The monoisotopic (exact) mass is 1150 g/mol. The molecule has 0 radical (unpaired) electrons. The summed E-state index contributed by atoms with van der Waals surface area (Å²) in [6.45, 7) is 18.0. The molecular formula is C65H121N2O12P. The number of esters is 1. The molecule has 6 rings (SSSR count). The van der Waals surface area contributed by atoms with Gasteiger partial charge in [0.1, 0.15) is 30.0 Å². The molecule has 6 aliphatic rings. The van der Waals surface area contributed by atoms with Gasteiger partial charge < -0.3 is 59.0 Å². The normalized spacial score (nSPS) is 40.3. The molecule has 1 amide bonds. The van der Waals surface area contributed by atoms with Crippen molar-refractivity contribution in [1.82, 2.24) is 9.80 Å². The summed E-state index contributed by atoms with van der Waals surface area (Å²) in [6.07, 6.45) is 24.6. The number of unbranched alkanes of at least 4 members (excludes halogenated alkanes) is 9. The van der Waals surface area contributed by atoms with Crippen molar-refractivity contribution in [2.75, 3.05) is 33.9 Å². The second-order valence-electron chi connectivity index (χ2n) is 28.4. The van der Waals surface area contributed by atoms with Gasteiger partial charge in [0.05, 0.1) is 47.6 Å². The molecule has 15 heteroatoms. The third-order valence-electron chi connectivity index (χ3n) is 22.2.